The summed E-state index contributed by atoms with van der Waals surface area (Å²) in [5.41, 5.74) is 1.44. The summed E-state index contributed by atoms with van der Waals surface area (Å²) in [5, 5.41) is 0. The Morgan fingerprint density at radius 2 is 2.07 bits per heavy atom. The van der Waals surface area contributed by atoms with Crippen molar-refractivity contribution in [1.29, 1.82) is 0 Å². The first-order valence-electron chi connectivity index (χ1n) is 5.60. The Hall–Kier alpha value is -0.530. The number of halogens is 1. The van der Waals surface area contributed by atoms with Crippen molar-refractivity contribution in [1.82, 2.24) is 4.90 Å². The highest BCUT2D eigenvalue weighted by atomic mass is 35.5. The van der Waals surface area contributed by atoms with Gasteiger partial charge in [0.25, 0.3) is 0 Å². The van der Waals surface area contributed by atoms with Gasteiger partial charge < -0.3 is 4.90 Å². The average molecular weight is 224 g/mol. The normalized spacial score (nSPS) is 27.9. The largest absolute Gasteiger partial charge is 0.306 e. The maximum atomic E-state index is 6.05. The molecule has 2 unspecified atom stereocenters. The number of nitrogens with zero attached hydrogens (tertiary/aromatic N) is 1. The van der Waals surface area contributed by atoms with Crippen LogP contribution in [0.25, 0.3) is 0 Å². The number of benzene rings is 1. The number of hydrogen-bond acceptors (Lipinski definition) is 1. The van der Waals surface area contributed by atoms with Crippen LogP contribution in [-0.2, 0) is 0 Å². The molecule has 2 rings (SSSR count). The van der Waals surface area contributed by atoms with Gasteiger partial charge >= 0.3 is 0 Å². The molecule has 0 N–H and O–H groups in total. The third-order valence-electron chi connectivity index (χ3n) is 3.38. The summed E-state index contributed by atoms with van der Waals surface area (Å²) in [5.74, 6) is 2.04. The zero-order valence-electron chi connectivity index (χ0n) is 9.20. The number of likely N-dealkylation sites (tertiary alicyclic amines) is 1. The zero-order valence-corrected chi connectivity index (χ0v) is 9.95. The van der Waals surface area contributed by atoms with Gasteiger partial charge in [0.1, 0.15) is 0 Å². The SMILES string of the molecule is CN1CCC(CCl)C(c2ccccc2)C1. The molecule has 1 aliphatic heterocycles. The van der Waals surface area contributed by atoms with E-state index in [1.165, 1.54) is 18.5 Å². The molecule has 0 radical (unpaired) electrons. The van der Waals surface area contributed by atoms with Gasteiger partial charge in [-0.15, -0.1) is 11.6 Å². The Morgan fingerprint density at radius 1 is 1.33 bits per heavy atom. The van der Waals surface area contributed by atoms with E-state index in [0.29, 0.717) is 11.8 Å². The summed E-state index contributed by atoms with van der Waals surface area (Å²) in [6, 6.07) is 10.8. The standard InChI is InChI=1S/C13H18ClN/c1-15-8-7-12(9-14)13(10-15)11-5-3-2-4-6-11/h2-6,12-13H,7-10H2,1H3. The molecule has 1 aromatic rings. The van der Waals surface area contributed by atoms with Gasteiger partial charge in [0, 0.05) is 18.3 Å². The Bertz CT molecular complexity index is 299. The molecule has 1 aliphatic rings. The van der Waals surface area contributed by atoms with Gasteiger partial charge in [0.15, 0.2) is 0 Å². The predicted octanol–water partition coefficient (Wildman–Crippen LogP) is 2.96. The van der Waals surface area contributed by atoms with Crippen LogP contribution in [0.1, 0.15) is 17.9 Å². The molecule has 1 fully saturated rings. The molecule has 1 saturated heterocycles. The molecular formula is C13H18ClN. The van der Waals surface area contributed by atoms with Gasteiger partial charge in [-0.05, 0) is 31.5 Å². The van der Waals surface area contributed by atoms with Crippen LogP contribution in [0, 0.1) is 5.92 Å². The van der Waals surface area contributed by atoms with Crippen molar-refractivity contribution in [3.8, 4) is 0 Å². The lowest BCUT2D eigenvalue weighted by Gasteiger charge is -2.36. The minimum absolute atomic E-state index is 0.613. The number of rotatable bonds is 2. The Kier molecular flexibility index (Phi) is 3.66. The number of hydrogen-bond donors (Lipinski definition) is 0. The molecule has 0 aromatic heterocycles. The maximum absolute atomic E-state index is 6.05. The second kappa shape index (κ2) is 5.00. The predicted molar refractivity (Wildman–Crippen MR) is 65.5 cm³/mol. The third kappa shape index (κ3) is 2.53. The Balaban J connectivity index is 2.17. The summed E-state index contributed by atoms with van der Waals surface area (Å²) < 4.78 is 0. The summed E-state index contributed by atoms with van der Waals surface area (Å²) in [6.07, 6.45) is 1.22. The Labute approximate surface area is 97.0 Å². The first-order valence-corrected chi connectivity index (χ1v) is 6.14. The minimum Gasteiger partial charge on any atom is -0.306 e. The van der Waals surface area contributed by atoms with Crippen LogP contribution in [0.15, 0.2) is 30.3 Å². The van der Waals surface area contributed by atoms with Crippen molar-refractivity contribution in [2.45, 2.75) is 12.3 Å². The molecule has 0 aliphatic carbocycles. The molecule has 2 heteroatoms. The van der Waals surface area contributed by atoms with Crippen molar-refractivity contribution < 1.29 is 0 Å². The minimum atomic E-state index is 0.613. The van der Waals surface area contributed by atoms with E-state index >= 15 is 0 Å². The number of piperidine rings is 1. The summed E-state index contributed by atoms with van der Waals surface area (Å²) in [4.78, 5) is 2.40. The molecular weight excluding hydrogens is 206 g/mol. The molecule has 0 bridgehead atoms. The topological polar surface area (TPSA) is 3.24 Å². The van der Waals surface area contributed by atoms with Crippen LogP contribution in [0.3, 0.4) is 0 Å². The van der Waals surface area contributed by atoms with E-state index < -0.39 is 0 Å². The van der Waals surface area contributed by atoms with Crippen LogP contribution in [0.5, 0.6) is 0 Å². The lowest BCUT2D eigenvalue weighted by Crippen LogP contribution is -2.37. The molecule has 0 saturated carbocycles. The van der Waals surface area contributed by atoms with Gasteiger partial charge in [-0.25, -0.2) is 0 Å². The van der Waals surface area contributed by atoms with Crippen LogP contribution < -0.4 is 0 Å². The van der Waals surface area contributed by atoms with E-state index in [0.717, 1.165) is 12.4 Å². The highest BCUT2D eigenvalue weighted by molar-refractivity contribution is 6.18. The fraction of sp³-hybridized carbons (Fsp3) is 0.538. The lowest BCUT2D eigenvalue weighted by atomic mass is 9.82. The van der Waals surface area contributed by atoms with Crippen LogP contribution in [-0.4, -0.2) is 30.9 Å². The second-order valence-corrected chi connectivity index (χ2v) is 4.79. The van der Waals surface area contributed by atoms with Crippen molar-refractivity contribution in [2.75, 3.05) is 26.0 Å². The summed E-state index contributed by atoms with van der Waals surface area (Å²) in [6.45, 7) is 2.32. The number of likely N-dealkylation sites (N-methyl/N-ethyl adjacent to an activating group) is 1. The fourth-order valence-electron chi connectivity index (χ4n) is 2.43. The van der Waals surface area contributed by atoms with Crippen molar-refractivity contribution in [3.05, 3.63) is 35.9 Å². The average Bonchev–Trinajstić information content (AvgIpc) is 2.30. The molecule has 1 heterocycles. The Morgan fingerprint density at radius 3 is 2.73 bits per heavy atom. The monoisotopic (exact) mass is 223 g/mol. The van der Waals surface area contributed by atoms with Gasteiger partial charge in [0.05, 0.1) is 0 Å². The molecule has 15 heavy (non-hydrogen) atoms. The quantitative estimate of drug-likeness (QED) is 0.697. The van der Waals surface area contributed by atoms with Crippen LogP contribution >= 0.6 is 11.6 Å². The summed E-state index contributed by atoms with van der Waals surface area (Å²) >= 11 is 6.05. The first kappa shape index (κ1) is 11.0. The third-order valence-corrected chi connectivity index (χ3v) is 3.78. The highest BCUT2D eigenvalue weighted by Crippen LogP contribution is 2.32. The number of alkyl halides is 1. The van der Waals surface area contributed by atoms with Gasteiger partial charge in [-0.2, -0.15) is 0 Å². The maximum Gasteiger partial charge on any atom is 0.0258 e. The van der Waals surface area contributed by atoms with E-state index in [9.17, 15) is 0 Å². The zero-order chi connectivity index (χ0) is 10.7. The molecule has 0 spiro atoms. The van der Waals surface area contributed by atoms with Crippen LogP contribution in [0.4, 0.5) is 0 Å². The lowest BCUT2D eigenvalue weighted by molar-refractivity contribution is 0.201. The highest BCUT2D eigenvalue weighted by Gasteiger charge is 2.27. The van der Waals surface area contributed by atoms with E-state index in [1.54, 1.807) is 0 Å². The van der Waals surface area contributed by atoms with E-state index in [2.05, 4.69) is 42.3 Å². The van der Waals surface area contributed by atoms with E-state index in [4.69, 9.17) is 11.6 Å². The van der Waals surface area contributed by atoms with Crippen molar-refractivity contribution >= 4 is 11.6 Å². The van der Waals surface area contributed by atoms with Crippen molar-refractivity contribution in [2.24, 2.45) is 5.92 Å². The van der Waals surface area contributed by atoms with E-state index in [-0.39, 0.29) is 0 Å². The van der Waals surface area contributed by atoms with E-state index in [1.807, 2.05) is 0 Å². The molecule has 2 atom stereocenters. The van der Waals surface area contributed by atoms with Crippen molar-refractivity contribution in [3.63, 3.8) is 0 Å². The smallest absolute Gasteiger partial charge is 0.0258 e. The van der Waals surface area contributed by atoms with Crippen LogP contribution in [0.2, 0.25) is 0 Å². The molecule has 82 valence electrons. The fourth-order valence-corrected chi connectivity index (χ4v) is 2.80. The first-order chi connectivity index (χ1) is 7.31. The van der Waals surface area contributed by atoms with Gasteiger partial charge in [-0.3, -0.25) is 0 Å². The molecule has 1 nitrogen and oxygen atoms in total. The van der Waals surface area contributed by atoms with Gasteiger partial charge in [0.2, 0.25) is 0 Å². The second-order valence-electron chi connectivity index (χ2n) is 4.48. The summed E-state index contributed by atoms with van der Waals surface area (Å²) in [7, 11) is 2.19. The molecule has 1 aromatic carbocycles. The van der Waals surface area contributed by atoms with Gasteiger partial charge in [-0.1, -0.05) is 30.3 Å². The molecule has 0 amide bonds.